The summed E-state index contributed by atoms with van der Waals surface area (Å²) in [6.07, 6.45) is 1.65. The number of hydrogen-bond acceptors (Lipinski definition) is 5. The molecule has 0 saturated carbocycles. The molecule has 0 bridgehead atoms. The maximum absolute atomic E-state index is 12.3. The van der Waals surface area contributed by atoms with E-state index >= 15 is 0 Å². The lowest BCUT2D eigenvalue weighted by molar-refractivity contribution is -0.936. The van der Waals surface area contributed by atoms with Crippen molar-refractivity contribution >= 4 is 17.7 Å². The second-order valence-corrected chi connectivity index (χ2v) is 7.18. The molecule has 2 N–H and O–H groups in total. The van der Waals surface area contributed by atoms with Crippen LogP contribution in [-0.2, 0) is 14.3 Å². The minimum atomic E-state index is -1.51. The van der Waals surface area contributed by atoms with Gasteiger partial charge >= 0.3 is 5.97 Å². The van der Waals surface area contributed by atoms with Crippen LogP contribution >= 0.6 is 0 Å². The van der Waals surface area contributed by atoms with Gasteiger partial charge in [0, 0.05) is 11.6 Å². The van der Waals surface area contributed by atoms with Gasteiger partial charge in [-0.25, -0.2) is 4.79 Å². The normalized spacial score (nSPS) is 20.5. The van der Waals surface area contributed by atoms with Crippen molar-refractivity contribution in [3.05, 3.63) is 83.9 Å². The zero-order chi connectivity index (χ0) is 22.6. The topological polar surface area (TPSA) is 108 Å². The Labute approximate surface area is 181 Å². The molecule has 31 heavy (non-hydrogen) atoms. The maximum atomic E-state index is 12.3. The van der Waals surface area contributed by atoms with Crippen LogP contribution in [0, 0.1) is 0 Å². The highest BCUT2D eigenvalue weighted by atomic mass is 16.5. The minimum absolute atomic E-state index is 0.117. The molecule has 1 saturated heterocycles. The van der Waals surface area contributed by atoms with Crippen LogP contribution in [0.25, 0.3) is 0 Å². The van der Waals surface area contributed by atoms with Crippen molar-refractivity contribution in [2.45, 2.75) is 25.5 Å². The van der Waals surface area contributed by atoms with Gasteiger partial charge in [0.25, 0.3) is 0 Å². The number of carbonyl (C=O) groups is 3. The highest BCUT2D eigenvalue weighted by Crippen LogP contribution is 2.21. The molecular weight excluding hydrogens is 398 g/mol. The van der Waals surface area contributed by atoms with E-state index in [1.54, 1.807) is 0 Å². The van der Waals surface area contributed by atoms with Gasteiger partial charge in [-0.15, -0.1) is 0 Å². The molecule has 3 atom stereocenters. The lowest BCUT2D eigenvalue weighted by atomic mass is 10.00. The van der Waals surface area contributed by atoms with Crippen LogP contribution in [0.2, 0.25) is 0 Å². The van der Waals surface area contributed by atoms with E-state index in [1.807, 2.05) is 36.4 Å². The van der Waals surface area contributed by atoms with E-state index in [9.17, 15) is 19.5 Å². The van der Waals surface area contributed by atoms with E-state index in [1.165, 1.54) is 10.5 Å². The molecule has 0 spiro atoms. The van der Waals surface area contributed by atoms with Crippen LogP contribution in [0.1, 0.15) is 35.4 Å². The number of carboxylic acids is 2. The van der Waals surface area contributed by atoms with Crippen LogP contribution in [-0.4, -0.2) is 48.6 Å². The Morgan fingerprint density at radius 1 is 1.06 bits per heavy atom. The number of morpholine rings is 1. The van der Waals surface area contributed by atoms with Gasteiger partial charge in [-0.2, -0.15) is 0 Å². The highest BCUT2D eigenvalue weighted by Gasteiger charge is 2.33. The largest absolute Gasteiger partial charge is 0.545 e. The first-order valence-electron chi connectivity index (χ1n) is 10.1. The Bertz CT molecular complexity index is 865. The van der Waals surface area contributed by atoms with Gasteiger partial charge in [0.05, 0.1) is 25.5 Å². The van der Waals surface area contributed by atoms with Gasteiger partial charge < -0.3 is 24.6 Å². The standard InChI is InChI=1S/C20H23NO2.C4H4O4/c1-16-20(18-10-6-3-7-11-18)23-15-14-21(16)13-12-19(22)17-8-4-2-5-9-17;5-3(6)1-2-4(7)8/h2-11,16,20H,12-15H2,1H3;1-2H,(H,5,6)(H,7,8)/b;2-1+. The Morgan fingerprint density at radius 2 is 1.68 bits per heavy atom. The number of aliphatic carboxylic acids is 2. The smallest absolute Gasteiger partial charge is 0.328 e. The van der Waals surface area contributed by atoms with Crippen LogP contribution in [0.4, 0.5) is 0 Å². The summed E-state index contributed by atoms with van der Waals surface area (Å²) in [5.74, 6) is -2.57. The van der Waals surface area contributed by atoms with Crippen molar-refractivity contribution in [2.24, 2.45) is 0 Å². The number of nitrogens with one attached hydrogen (secondary N) is 1. The van der Waals surface area contributed by atoms with E-state index in [0.717, 1.165) is 25.3 Å². The molecule has 0 aliphatic carbocycles. The zero-order valence-corrected chi connectivity index (χ0v) is 17.4. The number of ether oxygens (including phenoxy) is 1. The molecule has 0 amide bonds. The summed E-state index contributed by atoms with van der Waals surface area (Å²) in [7, 11) is 0. The number of carboxylic acid groups (broad SMARTS) is 2. The van der Waals surface area contributed by atoms with Crippen molar-refractivity contribution in [3.8, 4) is 0 Å². The third kappa shape index (κ3) is 8.16. The Hall–Kier alpha value is -3.29. The molecule has 2 aromatic rings. The second-order valence-electron chi connectivity index (χ2n) is 7.18. The number of carbonyl (C=O) groups excluding carboxylic acids is 2. The fourth-order valence-corrected chi connectivity index (χ4v) is 3.47. The van der Waals surface area contributed by atoms with E-state index in [-0.39, 0.29) is 11.9 Å². The number of rotatable bonds is 7. The molecule has 7 nitrogen and oxygen atoms in total. The lowest BCUT2D eigenvalue weighted by Gasteiger charge is -2.36. The summed E-state index contributed by atoms with van der Waals surface area (Å²) in [6, 6.07) is 20.3. The van der Waals surface area contributed by atoms with Crippen molar-refractivity contribution in [2.75, 3.05) is 19.7 Å². The number of hydrogen-bond donors (Lipinski definition) is 2. The molecule has 1 heterocycles. The molecule has 0 aromatic heterocycles. The first-order valence-corrected chi connectivity index (χ1v) is 10.1. The van der Waals surface area contributed by atoms with Gasteiger partial charge in [-0.1, -0.05) is 60.7 Å². The minimum Gasteiger partial charge on any atom is -0.545 e. The molecule has 1 aliphatic rings. The number of quaternary nitrogens is 1. The second kappa shape index (κ2) is 12.4. The van der Waals surface area contributed by atoms with Gasteiger partial charge in [0.15, 0.2) is 5.78 Å². The first kappa shape index (κ1) is 24.0. The summed E-state index contributed by atoms with van der Waals surface area (Å²) in [5, 5.41) is 17.2. The molecular formula is C24H27NO6. The SMILES string of the molecule is CC1C(c2ccccc2)OCC[NH+]1CCC(=O)c1ccccc1.O=C([O-])/C=C/C(=O)O. The van der Waals surface area contributed by atoms with E-state index in [4.69, 9.17) is 9.84 Å². The van der Waals surface area contributed by atoms with Gasteiger partial charge in [-0.3, -0.25) is 4.79 Å². The van der Waals surface area contributed by atoms with Crippen LogP contribution < -0.4 is 10.0 Å². The quantitative estimate of drug-likeness (QED) is 0.499. The molecule has 2 aromatic carbocycles. The Kier molecular flexibility index (Phi) is 9.61. The summed E-state index contributed by atoms with van der Waals surface area (Å²) < 4.78 is 5.99. The molecule has 164 valence electrons. The third-order valence-electron chi connectivity index (χ3n) is 5.08. The summed E-state index contributed by atoms with van der Waals surface area (Å²) >= 11 is 0. The number of benzene rings is 2. The summed E-state index contributed by atoms with van der Waals surface area (Å²) in [4.78, 5) is 32.7. The fraction of sp³-hybridized carbons (Fsp3) is 0.292. The van der Waals surface area contributed by atoms with Crippen molar-refractivity contribution in [3.63, 3.8) is 0 Å². The highest BCUT2D eigenvalue weighted by molar-refractivity contribution is 5.96. The lowest BCUT2D eigenvalue weighted by Crippen LogP contribution is -3.17. The van der Waals surface area contributed by atoms with Gasteiger partial charge in [0.1, 0.15) is 18.7 Å². The van der Waals surface area contributed by atoms with E-state index in [2.05, 4.69) is 31.2 Å². The van der Waals surface area contributed by atoms with E-state index in [0.29, 0.717) is 24.6 Å². The number of ketones is 1. The fourth-order valence-electron chi connectivity index (χ4n) is 3.47. The monoisotopic (exact) mass is 425 g/mol. The number of Topliss-reactive ketones (excluding diaryl/α,β-unsaturated/α-hetero) is 1. The summed E-state index contributed by atoms with van der Waals surface area (Å²) in [5.41, 5.74) is 2.04. The molecule has 1 fully saturated rings. The van der Waals surface area contributed by atoms with Crippen molar-refractivity contribution in [1.29, 1.82) is 0 Å². The Balaban J connectivity index is 0.000000366. The summed E-state index contributed by atoms with van der Waals surface area (Å²) in [6.45, 7) is 4.80. The van der Waals surface area contributed by atoms with Crippen molar-refractivity contribution in [1.82, 2.24) is 0 Å². The van der Waals surface area contributed by atoms with Crippen LogP contribution in [0.5, 0.6) is 0 Å². The molecule has 3 unspecified atom stereocenters. The molecule has 0 radical (unpaired) electrons. The predicted octanol–water partition coefficient (Wildman–Crippen LogP) is 0.681. The van der Waals surface area contributed by atoms with Gasteiger partial charge in [0.2, 0.25) is 0 Å². The average molecular weight is 425 g/mol. The van der Waals surface area contributed by atoms with E-state index < -0.39 is 11.9 Å². The zero-order valence-electron chi connectivity index (χ0n) is 17.4. The van der Waals surface area contributed by atoms with Crippen molar-refractivity contribution < 1.29 is 34.2 Å². The molecule has 3 rings (SSSR count). The average Bonchev–Trinajstić information content (AvgIpc) is 2.78. The molecule has 7 heteroatoms. The molecule has 1 aliphatic heterocycles. The van der Waals surface area contributed by atoms with Crippen LogP contribution in [0.3, 0.4) is 0 Å². The third-order valence-corrected chi connectivity index (χ3v) is 5.08. The van der Waals surface area contributed by atoms with Crippen LogP contribution in [0.15, 0.2) is 72.8 Å². The first-order chi connectivity index (χ1) is 14.9. The Morgan fingerprint density at radius 3 is 2.23 bits per heavy atom. The van der Waals surface area contributed by atoms with Gasteiger partial charge in [-0.05, 0) is 18.6 Å². The maximum Gasteiger partial charge on any atom is 0.328 e. The predicted molar refractivity (Wildman–Crippen MR) is 112 cm³/mol.